The van der Waals surface area contributed by atoms with E-state index in [1.54, 1.807) is 0 Å². The molecule has 0 bridgehead atoms. The van der Waals surface area contributed by atoms with E-state index in [1.807, 2.05) is 18.4 Å². The average Bonchev–Trinajstić information content (AvgIpc) is 2.79. The van der Waals surface area contributed by atoms with Gasteiger partial charge in [-0.15, -0.1) is 11.3 Å². The number of anilines is 1. The van der Waals surface area contributed by atoms with Crippen LogP contribution in [-0.2, 0) is 6.54 Å². The minimum atomic E-state index is 0.547. The van der Waals surface area contributed by atoms with Gasteiger partial charge in [0.2, 0.25) is 0 Å². The van der Waals surface area contributed by atoms with Crippen LogP contribution in [0.25, 0.3) is 0 Å². The van der Waals surface area contributed by atoms with E-state index < -0.39 is 0 Å². The maximum atomic E-state index is 4.93. The fraction of sp³-hybridized carbons (Fsp3) is 0.800. The van der Waals surface area contributed by atoms with Crippen molar-refractivity contribution in [1.29, 1.82) is 0 Å². The van der Waals surface area contributed by atoms with Gasteiger partial charge in [-0.05, 0) is 32.2 Å². The van der Waals surface area contributed by atoms with E-state index in [2.05, 4.69) is 44.8 Å². The lowest BCUT2D eigenvalue weighted by molar-refractivity contribution is 0.615. The summed E-state index contributed by atoms with van der Waals surface area (Å²) in [4.78, 5) is 8.73. The SMILES string of the molecule is CCC(C)c1nc(N(CC)CC(C)C)sc1CNC. The van der Waals surface area contributed by atoms with Crippen LogP contribution in [0.1, 0.15) is 57.5 Å². The van der Waals surface area contributed by atoms with E-state index in [1.165, 1.54) is 15.7 Å². The van der Waals surface area contributed by atoms with Crippen molar-refractivity contribution in [3.8, 4) is 0 Å². The monoisotopic (exact) mass is 283 g/mol. The smallest absolute Gasteiger partial charge is 0.185 e. The molecule has 0 aliphatic rings. The summed E-state index contributed by atoms with van der Waals surface area (Å²) in [6.07, 6.45) is 1.15. The van der Waals surface area contributed by atoms with Crippen LogP contribution >= 0.6 is 11.3 Å². The van der Waals surface area contributed by atoms with Crippen LogP contribution in [-0.4, -0.2) is 25.1 Å². The number of nitrogens with one attached hydrogen (secondary N) is 1. The second-order valence-corrected chi connectivity index (χ2v) is 6.64. The van der Waals surface area contributed by atoms with E-state index in [4.69, 9.17) is 4.98 Å². The number of thiazole rings is 1. The molecule has 1 unspecified atom stereocenters. The van der Waals surface area contributed by atoms with Crippen LogP contribution in [0.5, 0.6) is 0 Å². The molecule has 1 aromatic heterocycles. The Morgan fingerprint density at radius 1 is 1.26 bits per heavy atom. The van der Waals surface area contributed by atoms with E-state index in [9.17, 15) is 0 Å². The molecule has 0 fully saturated rings. The molecule has 1 atom stereocenters. The van der Waals surface area contributed by atoms with Crippen molar-refractivity contribution in [2.24, 2.45) is 5.92 Å². The summed E-state index contributed by atoms with van der Waals surface area (Å²) in [5.41, 5.74) is 1.29. The van der Waals surface area contributed by atoms with Crippen LogP contribution in [0.4, 0.5) is 5.13 Å². The predicted octanol–water partition coefficient (Wildman–Crippen LogP) is 3.86. The Hall–Kier alpha value is -0.610. The topological polar surface area (TPSA) is 28.2 Å². The van der Waals surface area contributed by atoms with E-state index in [-0.39, 0.29) is 0 Å². The molecule has 0 aliphatic carbocycles. The third-order valence-electron chi connectivity index (χ3n) is 3.37. The molecule has 0 saturated carbocycles. The molecule has 3 nitrogen and oxygen atoms in total. The highest BCUT2D eigenvalue weighted by molar-refractivity contribution is 7.15. The lowest BCUT2D eigenvalue weighted by Crippen LogP contribution is -2.27. The van der Waals surface area contributed by atoms with Crippen LogP contribution in [0.3, 0.4) is 0 Å². The third-order valence-corrected chi connectivity index (χ3v) is 4.50. The van der Waals surface area contributed by atoms with Crippen molar-refractivity contribution in [2.45, 2.75) is 53.5 Å². The van der Waals surface area contributed by atoms with Gasteiger partial charge in [0, 0.05) is 24.5 Å². The molecule has 0 aliphatic heterocycles. The minimum Gasteiger partial charge on any atom is -0.348 e. The first-order chi connectivity index (χ1) is 9.03. The van der Waals surface area contributed by atoms with Gasteiger partial charge in [0.25, 0.3) is 0 Å². The van der Waals surface area contributed by atoms with Crippen LogP contribution in [0.2, 0.25) is 0 Å². The second kappa shape index (κ2) is 7.85. The van der Waals surface area contributed by atoms with Gasteiger partial charge in [0.05, 0.1) is 5.69 Å². The molecule has 0 saturated heterocycles. The number of hydrogen-bond acceptors (Lipinski definition) is 4. The van der Waals surface area contributed by atoms with Gasteiger partial charge in [-0.1, -0.05) is 27.7 Å². The van der Waals surface area contributed by atoms with Crippen molar-refractivity contribution in [1.82, 2.24) is 10.3 Å². The zero-order valence-electron chi connectivity index (χ0n) is 13.3. The van der Waals surface area contributed by atoms with Crippen molar-refractivity contribution in [2.75, 3.05) is 25.0 Å². The maximum absolute atomic E-state index is 4.93. The molecule has 0 radical (unpaired) electrons. The largest absolute Gasteiger partial charge is 0.348 e. The molecule has 1 aromatic rings. The van der Waals surface area contributed by atoms with Gasteiger partial charge in [-0.2, -0.15) is 0 Å². The highest BCUT2D eigenvalue weighted by atomic mass is 32.1. The Bertz CT molecular complexity index is 373. The molecule has 19 heavy (non-hydrogen) atoms. The third kappa shape index (κ3) is 4.46. The van der Waals surface area contributed by atoms with Gasteiger partial charge < -0.3 is 10.2 Å². The van der Waals surface area contributed by atoms with Crippen LogP contribution < -0.4 is 10.2 Å². The Balaban J connectivity index is 3.00. The Kier molecular flexibility index (Phi) is 6.80. The Labute approximate surface area is 122 Å². The van der Waals surface area contributed by atoms with E-state index in [0.717, 1.165) is 26.1 Å². The normalized spacial score (nSPS) is 13.0. The molecular weight excluding hydrogens is 254 g/mol. The van der Waals surface area contributed by atoms with E-state index in [0.29, 0.717) is 11.8 Å². The maximum Gasteiger partial charge on any atom is 0.185 e. The number of nitrogens with zero attached hydrogens (tertiary/aromatic N) is 2. The predicted molar refractivity (Wildman–Crippen MR) is 86.3 cm³/mol. The summed E-state index contributed by atoms with van der Waals surface area (Å²) in [5, 5.41) is 4.46. The van der Waals surface area contributed by atoms with Crippen LogP contribution in [0.15, 0.2) is 0 Å². The van der Waals surface area contributed by atoms with Gasteiger partial charge in [-0.25, -0.2) is 4.98 Å². The molecular formula is C15H29N3S. The van der Waals surface area contributed by atoms with Gasteiger partial charge in [-0.3, -0.25) is 0 Å². The number of rotatable bonds is 8. The lowest BCUT2D eigenvalue weighted by atomic mass is 10.0. The first-order valence-corrected chi connectivity index (χ1v) is 8.24. The minimum absolute atomic E-state index is 0.547. The van der Waals surface area contributed by atoms with Crippen molar-refractivity contribution in [3.05, 3.63) is 10.6 Å². The Morgan fingerprint density at radius 3 is 2.42 bits per heavy atom. The Morgan fingerprint density at radius 2 is 1.95 bits per heavy atom. The standard InChI is InChI=1S/C15H29N3S/c1-7-12(5)14-13(9-16-6)19-15(17-14)18(8-2)10-11(3)4/h11-12,16H,7-10H2,1-6H3. The summed E-state index contributed by atoms with van der Waals surface area (Å²) in [6.45, 7) is 14.3. The van der Waals surface area contributed by atoms with Crippen molar-refractivity contribution < 1.29 is 0 Å². The highest BCUT2D eigenvalue weighted by Gasteiger charge is 2.18. The molecule has 0 aromatic carbocycles. The summed E-state index contributed by atoms with van der Waals surface area (Å²) in [5.74, 6) is 1.22. The first kappa shape index (κ1) is 16.4. The molecule has 4 heteroatoms. The van der Waals surface area contributed by atoms with Crippen molar-refractivity contribution in [3.63, 3.8) is 0 Å². The second-order valence-electron chi connectivity index (χ2n) is 5.58. The molecule has 1 heterocycles. The van der Waals surface area contributed by atoms with Gasteiger partial charge >= 0.3 is 0 Å². The summed E-state index contributed by atoms with van der Waals surface area (Å²) in [7, 11) is 2.01. The summed E-state index contributed by atoms with van der Waals surface area (Å²) < 4.78 is 0. The quantitative estimate of drug-likeness (QED) is 0.785. The van der Waals surface area contributed by atoms with Gasteiger partial charge in [0.1, 0.15) is 0 Å². The zero-order valence-corrected chi connectivity index (χ0v) is 14.1. The fourth-order valence-corrected chi connectivity index (χ4v) is 3.40. The van der Waals surface area contributed by atoms with Gasteiger partial charge in [0.15, 0.2) is 5.13 Å². The fourth-order valence-electron chi connectivity index (χ4n) is 2.13. The summed E-state index contributed by atoms with van der Waals surface area (Å²) in [6, 6.07) is 0. The highest BCUT2D eigenvalue weighted by Crippen LogP contribution is 2.32. The molecule has 1 N–H and O–H groups in total. The molecule has 110 valence electrons. The number of hydrogen-bond donors (Lipinski definition) is 1. The molecule has 0 amide bonds. The molecule has 0 spiro atoms. The van der Waals surface area contributed by atoms with Crippen molar-refractivity contribution >= 4 is 16.5 Å². The number of aromatic nitrogens is 1. The molecule has 1 rings (SSSR count). The average molecular weight is 283 g/mol. The zero-order chi connectivity index (χ0) is 14.4. The first-order valence-electron chi connectivity index (χ1n) is 7.42. The lowest BCUT2D eigenvalue weighted by Gasteiger charge is -2.21. The van der Waals surface area contributed by atoms with E-state index >= 15 is 0 Å². The summed E-state index contributed by atoms with van der Waals surface area (Å²) >= 11 is 1.85. The van der Waals surface area contributed by atoms with Crippen LogP contribution in [0, 0.1) is 5.92 Å².